The molecule has 2 aromatic heterocycles. The highest BCUT2D eigenvalue weighted by atomic mass is 16.5. The first-order chi connectivity index (χ1) is 12.9. The first kappa shape index (κ1) is 18.6. The fourth-order valence-electron chi connectivity index (χ4n) is 2.96. The molecule has 0 N–H and O–H groups in total. The Balaban J connectivity index is 2.16. The van der Waals surface area contributed by atoms with Gasteiger partial charge in [-0.25, -0.2) is 14.5 Å². The van der Waals surface area contributed by atoms with Gasteiger partial charge in [-0.15, -0.1) is 0 Å². The third-order valence-electron chi connectivity index (χ3n) is 4.24. The van der Waals surface area contributed by atoms with Crippen LogP contribution < -0.4 is 9.64 Å². The lowest BCUT2D eigenvalue weighted by atomic mass is 10.2. The predicted molar refractivity (Wildman–Crippen MR) is 103 cm³/mol. The summed E-state index contributed by atoms with van der Waals surface area (Å²) in [5.74, 6) is 0.700. The first-order valence-electron chi connectivity index (χ1n) is 8.64. The standard InChI is InChI=1S/C19H23N5O3/c1-7-27-18(25)16-11(2)22-24(12(16)3)13-8-9-14-15(10-13)20-19(23(4)5)21-17(14)26-6/h8-10H,7H2,1-6H3. The number of carbonyl (C=O) groups is 1. The maximum absolute atomic E-state index is 12.2. The first-order valence-corrected chi connectivity index (χ1v) is 8.64. The Hall–Kier alpha value is -3.16. The molecule has 0 atom stereocenters. The van der Waals surface area contributed by atoms with Gasteiger partial charge in [0.2, 0.25) is 11.8 Å². The molecule has 0 saturated carbocycles. The average Bonchev–Trinajstić information content (AvgIpc) is 2.94. The zero-order valence-corrected chi connectivity index (χ0v) is 16.4. The molecule has 0 radical (unpaired) electrons. The molecule has 0 unspecified atom stereocenters. The number of rotatable bonds is 5. The van der Waals surface area contributed by atoms with E-state index < -0.39 is 0 Å². The minimum absolute atomic E-state index is 0.322. The lowest BCUT2D eigenvalue weighted by Gasteiger charge is -2.14. The van der Waals surface area contributed by atoms with Crippen molar-refractivity contribution in [2.75, 3.05) is 32.7 Å². The number of methoxy groups -OCH3 is 1. The van der Waals surface area contributed by atoms with Crippen LogP contribution in [0, 0.1) is 13.8 Å². The van der Waals surface area contributed by atoms with Crippen molar-refractivity contribution in [2.24, 2.45) is 0 Å². The summed E-state index contributed by atoms with van der Waals surface area (Å²) >= 11 is 0. The number of fused-ring (bicyclic) bond motifs is 1. The van der Waals surface area contributed by atoms with Crippen molar-refractivity contribution < 1.29 is 14.3 Å². The second-order valence-electron chi connectivity index (χ2n) is 6.31. The van der Waals surface area contributed by atoms with Crippen LogP contribution >= 0.6 is 0 Å². The highest BCUT2D eigenvalue weighted by Gasteiger charge is 2.21. The van der Waals surface area contributed by atoms with E-state index in [0.29, 0.717) is 29.7 Å². The van der Waals surface area contributed by atoms with E-state index in [-0.39, 0.29) is 5.97 Å². The molecule has 8 heteroatoms. The monoisotopic (exact) mass is 369 g/mol. The molecule has 0 bridgehead atoms. The number of hydrogen-bond donors (Lipinski definition) is 0. The molecule has 2 heterocycles. The lowest BCUT2D eigenvalue weighted by molar-refractivity contribution is 0.0524. The van der Waals surface area contributed by atoms with E-state index in [1.165, 1.54) is 0 Å². The summed E-state index contributed by atoms with van der Waals surface area (Å²) in [6, 6.07) is 5.70. The van der Waals surface area contributed by atoms with Gasteiger partial charge in [-0.1, -0.05) is 0 Å². The Morgan fingerprint density at radius 2 is 1.96 bits per heavy atom. The third-order valence-corrected chi connectivity index (χ3v) is 4.24. The summed E-state index contributed by atoms with van der Waals surface area (Å²) in [4.78, 5) is 23.0. The van der Waals surface area contributed by atoms with Gasteiger partial charge in [0.25, 0.3) is 0 Å². The molecule has 3 aromatic rings. The van der Waals surface area contributed by atoms with E-state index in [0.717, 1.165) is 22.3 Å². The van der Waals surface area contributed by atoms with E-state index in [1.807, 2.05) is 44.1 Å². The summed E-state index contributed by atoms with van der Waals surface area (Å²) in [6.45, 7) is 5.75. The molecule has 142 valence electrons. The number of carbonyl (C=O) groups excluding carboxylic acids is 1. The van der Waals surface area contributed by atoms with Crippen LogP contribution in [0.25, 0.3) is 16.6 Å². The molecule has 0 spiro atoms. The van der Waals surface area contributed by atoms with Gasteiger partial charge in [0.15, 0.2) is 0 Å². The van der Waals surface area contributed by atoms with E-state index >= 15 is 0 Å². The topological polar surface area (TPSA) is 82.4 Å². The van der Waals surface area contributed by atoms with Crippen molar-refractivity contribution in [1.29, 1.82) is 0 Å². The minimum atomic E-state index is -0.363. The molecule has 3 rings (SSSR count). The molecule has 27 heavy (non-hydrogen) atoms. The number of esters is 1. The summed E-state index contributed by atoms with van der Waals surface area (Å²) in [7, 11) is 5.33. The fourth-order valence-corrected chi connectivity index (χ4v) is 2.96. The highest BCUT2D eigenvalue weighted by Crippen LogP contribution is 2.28. The third kappa shape index (κ3) is 3.30. The van der Waals surface area contributed by atoms with Crippen LogP contribution in [-0.2, 0) is 4.74 Å². The number of hydrogen-bond acceptors (Lipinski definition) is 7. The number of aromatic nitrogens is 4. The molecule has 0 fully saturated rings. The maximum atomic E-state index is 12.2. The van der Waals surface area contributed by atoms with E-state index in [1.54, 1.807) is 25.6 Å². The van der Waals surface area contributed by atoms with Gasteiger partial charge in [-0.3, -0.25) is 0 Å². The normalized spacial score (nSPS) is 10.9. The average molecular weight is 369 g/mol. The van der Waals surface area contributed by atoms with Crippen molar-refractivity contribution in [3.05, 3.63) is 35.2 Å². The quantitative estimate of drug-likeness (QED) is 0.640. The molecule has 0 amide bonds. The number of benzene rings is 1. The fraction of sp³-hybridized carbons (Fsp3) is 0.368. The van der Waals surface area contributed by atoms with Crippen molar-refractivity contribution in [2.45, 2.75) is 20.8 Å². The Bertz CT molecular complexity index is 1010. The Labute approximate surface area is 157 Å². The van der Waals surface area contributed by atoms with Gasteiger partial charge in [-0.2, -0.15) is 10.1 Å². The zero-order chi connectivity index (χ0) is 19.7. The smallest absolute Gasteiger partial charge is 0.341 e. The second-order valence-corrected chi connectivity index (χ2v) is 6.31. The number of anilines is 1. The zero-order valence-electron chi connectivity index (χ0n) is 16.4. The molecule has 0 saturated heterocycles. The summed E-state index contributed by atoms with van der Waals surface area (Å²) in [5, 5.41) is 5.33. The Morgan fingerprint density at radius 3 is 2.59 bits per heavy atom. The van der Waals surface area contributed by atoms with E-state index in [9.17, 15) is 4.79 Å². The largest absolute Gasteiger partial charge is 0.480 e. The van der Waals surface area contributed by atoms with Crippen molar-refractivity contribution >= 4 is 22.8 Å². The molecule has 0 aliphatic carbocycles. The SMILES string of the molecule is CCOC(=O)c1c(C)nn(-c2ccc3c(OC)nc(N(C)C)nc3c2)c1C. The second kappa shape index (κ2) is 7.22. The molecular weight excluding hydrogens is 346 g/mol. The summed E-state index contributed by atoms with van der Waals surface area (Å²) in [5.41, 5.74) is 3.36. The van der Waals surface area contributed by atoms with Crippen LogP contribution in [-0.4, -0.2) is 53.5 Å². The van der Waals surface area contributed by atoms with Crippen LogP contribution in [0.3, 0.4) is 0 Å². The van der Waals surface area contributed by atoms with Crippen molar-refractivity contribution in [3.63, 3.8) is 0 Å². The van der Waals surface area contributed by atoms with Gasteiger partial charge >= 0.3 is 5.97 Å². The van der Waals surface area contributed by atoms with Gasteiger partial charge in [0.1, 0.15) is 5.56 Å². The van der Waals surface area contributed by atoms with Crippen LogP contribution in [0.4, 0.5) is 5.95 Å². The molecule has 1 aromatic carbocycles. The minimum Gasteiger partial charge on any atom is -0.480 e. The lowest BCUT2D eigenvalue weighted by Crippen LogP contribution is -2.13. The molecule has 0 aliphatic heterocycles. The molecule has 0 aliphatic rings. The van der Waals surface area contributed by atoms with Crippen molar-refractivity contribution in [1.82, 2.24) is 19.7 Å². The predicted octanol–water partition coefficient (Wildman–Crippen LogP) is 2.68. The number of nitrogens with zero attached hydrogens (tertiary/aromatic N) is 5. The Morgan fingerprint density at radius 1 is 1.22 bits per heavy atom. The Kier molecular flexibility index (Phi) is 4.98. The highest BCUT2D eigenvalue weighted by molar-refractivity contribution is 5.92. The molecular formula is C19H23N5O3. The van der Waals surface area contributed by atoms with E-state index in [2.05, 4.69) is 15.1 Å². The van der Waals surface area contributed by atoms with E-state index in [4.69, 9.17) is 9.47 Å². The number of aryl methyl sites for hydroxylation is 1. The van der Waals surface area contributed by atoms with Crippen LogP contribution in [0.15, 0.2) is 18.2 Å². The molecule has 8 nitrogen and oxygen atoms in total. The van der Waals surface area contributed by atoms with Gasteiger partial charge in [0.05, 0.1) is 41.7 Å². The van der Waals surface area contributed by atoms with Crippen molar-refractivity contribution in [3.8, 4) is 11.6 Å². The van der Waals surface area contributed by atoms with Crippen LogP contribution in [0.5, 0.6) is 5.88 Å². The summed E-state index contributed by atoms with van der Waals surface area (Å²) < 4.78 is 12.3. The van der Waals surface area contributed by atoms with Gasteiger partial charge < -0.3 is 14.4 Å². The van der Waals surface area contributed by atoms with Crippen LogP contribution in [0.2, 0.25) is 0 Å². The van der Waals surface area contributed by atoms with Gasteiger partial charge in [0, 0.05) is 14.1 Å². The summed E-state index contributed by atoms with van der Waals surface area (Å²) in [6.07, 6.45) is 0. The maximum Gasteiger partial charge on any atom is 0.341 e. The van der Waals surface area contributed by atoms with Crippen LogP contribution in [0.1, 0.15) is 28.7 Å². The van der Waals surface area contributed by atoms with Gasteiger partial charge in [-0.05, 0) is 39.0 Å². The number of ether oxygens (including phenoxy) is 2.